The predicted octanol–water partition coefficient (Wildman–Crippen LogP) is 0.304. The number of nitrogens with one attached hydrogen (secondary N) is 1. The van der Waals surface area contributed by atoms with Crippen molar-refractivity contribution in [3.8, 4) is 12.3 Å². The Morgan fingerprint density at radius 2 is 2.00 bits per heavy atom. The lowest BCUT2D eigenvalue weighted by Gasteiger charge is -2.32. The number of aromatic amines is 1. The van der Waals surface area contributed by atoms with Crippen LogP contribution in [-0.2, 0) is 33.3 Å². The molecule has 0 unspecified atom stereocenters. The molecule has 12 heteroatoms. The van der Waals surface area contributed by atoms with Gasteiger partial charge in [-0.15, -0.1) is 6.42 Å². The van der Waals surface area contributed by atoms with Gasteiger partial charge in [0.15, 0.2) is 18.1 Å². The van der Waals surface area contributed by atoms with Crippen LogP contribution < -0.4 is 11.2 Å². The molecule has 1 aliphatic heterocycles. The molecule has 4 atom stereocenters. The highest BCUT2D eigenvalue weighted by atomic mass is 127. The van der Waals surface area contributed by atoms with Crippen molar-refractivity contribution in [1.29, 1.82) is 0 Å². The summed E-state index contributed by atoms with van der Waals surface area (Å²) in [5.74, 6) is -0.109. The maximum Gasteiger partial charge on any atom is 0.330 e. The highest BCUT2D eigenvalue weighted by molar-refractivity contribution is 14.1. The molecule has 0 aliphatic carbocycles. The van der Waals surface area contributed by atoms with Gasteiger partial charge >= 0.3 is 17.6 Å². The Kier molecular flexibility index (Phi) is 8.41. The highest BCUT2D eigenvalue weighted by Gasteiger charge is 2.50. The van der Waals surface area contributed by atoms with E-state index in [0.717, 1.165) is 4.57 Å². The minimum absolute atomic E-state index is 0.187. The Morgan fingerprint density at radius 3 is 2.58 bits per heavy atom. The molecule has 1 aromatic heterocycles. The zero-order valence-corrected chi connectivity index (χ0v) is 19.5. The number of carbonyl (C=O) groups is 2. The monoisotopic (exact) mass is 550 g/mol. The van der Waals surface area contributed by atoms with Crippen molar-refractivity contribution in [2.45, 2.75) is 58.0 Å². The maximum absolute atomic E-state index is 12.5. The molecular formula is C19H23IN2O9. The van der Waals surface area contributed by atoms with E-state index in [1.165, 1.54) is 20.0 Å². The van der Waals surface area contributed by atoms with Crippen molar-refractivity contribution in [2.24, 2.45) is 0 Å². The number of rotatable bonds is 8. The van der Waals surface area contributed by atoms with Crippen molar-refractivity contribution < 1.29 is 33.3 Å². The van der Waals surface area contributed by atoms with Gasteiger partial charge in [-0.05, 0) is 36.4 Å². The molecule has 1 fully saturated rings. The summed E-state index contributed by atoms with van der Waals surface area (Å²) in [6.07, 6.45) is 2.34. The lowest BCUT2D eigenvalue weighted by atomic mass is 10.1. The fourth-order valence-electron chi connectivity index (χ4n) is 3.03. The van der Waals surface area contributed by atoms with Crippen LogP contribution in [0.15, 0.2) is 15.8 Å². The van der Waals surface area contributed by atoms with Gasteiger partial charge in [0, 0.05) is 20.0 Å². The molecule has 0 saturated carbocycles. The quantitative estimate of drug-likeness (QED) is 0.276. The molecule has 1 N–H and O–H groups in total. The molecule has 0 spiro atoms. The van der Waals surface area contributed by atoms with E-state index in [0.29, 0.717) is 0 Å². The van der Waals surface area contributed by atoms with Crippen molar-refractivity contribution in [3.63, 3.8) is 0 Å². The lowest BCUT2D eigenvalue weighted by molar-refractivity contribution is -0.187. The number of carbonyl (C=O) groups excluding carboxylic acids is 2. The van der Waals surface area contributed by atoms with Crippen LogP contribution in [0.2, 0.25) is 0 Å². The number of ether oxygens (including phenoxy) is 5. The number of hydrogen-bond donors (Lipinski definition) is 1. The first-order chi connectivity index (χ1) is 14.4. The van der Waals surface area contributed by atoms with Crippen LogP contribution in [0, 0.1) is 15.9 Å². The molecule has 170 valence electrons. The van der Waals surface area contributed by atoms with Crippen molar-refractivity contribution in [1.82, 2.24) is 9.55 Å². The third-order valence-corrected chi connectivity index (χ3v) is 4.89. The maximum atomic E-state index is 12.5. The first-order valence-corrected chi connectivity index (χ1v) is 10.3. The fourth-order valence-corrected chi connectivity index (χ4v) is 3.47. The number of halogens is 1. The lowest BCUT2D eigenvalue weighted by Crippen LogP contribution is -2.49. The number of aromatic nitrogens is 2. The molecule has 0 radical (unpaired) electrons. The molecule has 31 heavy (non-hydrogen) atoms. The van der Waals surface area contributed by atoms with Gasteiger partial charge < -0.3 is 23.7 Å². The van der Waals surface area contributed by atoms with Gasteiger partial charge in [-0.3, -0.25) is 23.9 Å². The largest absolute Gasteiger partial charge is 0.462 e. The Hall–Kier alpha value is -2.21. The van der Waals surface area contributed by atoms with E-state index < -0.39 is 53.5 Å². The van der Waals surface area contributed by atoms with E-state index in [1.807, 2.05) is 0 Å². The Labute approximate surface area is 191 Å². The fraction of sp³-hybridized carbons (Fsp3) is 0.579. The van der Waals surface area contributed by atoms with E-state index in [9.17, 15) is 19.2 Å². The topological polar surface area (TPSA) is 135 Å². The minimum Gasteiger partial charge on any atom is -0.462 e. The number of H-pyrrole nitrogens is 1. The smallest absolute Gasteiger partial charge is 0.330 e. The zero-order chi connectivity index (χ0) is 23.3. The molecule has 2 rings (SSSR count). The molecule has 0 bridgehead atoms. The molecule has 1 saturated heterocycles. The molecule has 1 aliphatic rings. The second-order valence-corrected chi connectivity index (χ2v) is 8.23. The van der Waals surface area contributed by atoms with Crippen molar-refractivity contribution in [2.75, 3.05) is 13.2 Å². The average molecular weight is 550 g/mol. The van der Waals surface area contributed by atoms with Gasteiger partial charge in [-0.2, -0.15) is 0 Å². The Balaban J connectivity index is 2.52. The number of esters is 2. The molecule has 11 nitrogen and oxygen atoms in total. The molecular weight excluding hydrogens is 527 g/mol. The van der Waals surface area contributed by atoms with Gasteiger partial charge in [-0.25, -0.2) is 4.79 Å². The minimum atomic E-state index is -1.17. The van der Waals surface area contributed by atoms with Gasteiger partial charge in [0.25, 0.3) is 5.56 Å². The van der Waals surface area contributed by atoms with Crippen LogP contribution in [0.4, 0.5) is 0 Å². The standard InChI is InChI=1S/C19H23IN2O9/c1-6-7-27-14(13(29-11(3)24)9-28-10(2)23)15-17(31-19(4,5)30-15)22-8-12(20)16(25)21-18(22)26/h1,8,13-15,17H,7,9H2,2-5H3,(H,21,25,26)/t13-,14+,15-,17+/m1/s1. The Morgan fingerprint density at radius 1 is 1.32 bits per heavy atom. The van der Waals surface area contributed by atoms with Crippen LogP contribution in [0.3, 0.4) is 0 Å². The molecule has 0 amide bonds. The van der Waals surface area contributed by atoms with Gasteiger partial charge in [0.05, 0.1) is 3.57 Å². The highest BCUT2D eigenvalue weighted by Crippen LogP contribution is 2.38. The third kappa shape index (κ3) is 6.63. The van der Waals surface area contributed by atoms with Crippen molar-refractivity contribution >= 4 is 34.5 Å². The summed E-state index contributed by atoms with van der Waals surface area (Å²) in [5.41, 5.74) is -1.29. The first-order valence-electron chi connectivity index (χ1n) is 9.17. The Bertz CT molecular complexity index is 978. The summed E-state index contributed by atoms with van der Waals surface area (Å²) in [6.45, 7) is 5.09. The van der Waals surface area contributed by atoms with Gasteiger partial charge in [0.1, 0.15) is 25.4 Å². The second kappa shape index (κ2) is 10.4. The van der Waals surface area contributed by atoms with E-state index in [4.69, 9.17) is 30.1 Å². The van der Waals surface area contributed by atoms with Gasteiger partial charge in [0.2, 0.25) is 0 Å². The van der Waals surface area contributed by atoms with E-state index in [1.54, 1.807) is 36.4 Å². The summed E-state index contributed by atoms with van der Waals surface area (Å²) in [7, 11) is 0. The van der Waals surface area contributed by atoms with Crippen LogP contribution in [0.5, 0.6) is 0 Å². The summed E-state index contributed by atoms with van der Waals surface area (Å²) in [4.78, 5) is 49.4. The molecule has 1 aromatic rings. The molecule has 2 heterocycles. The van der Waals surface area contributed by atoms with E-state index >= 15 is 0 Å². The molecule has 0 aromatic carbocycles. The summed E-state index contributed by atoms with van der Waals surface area (Å²) in [6, 6.07) is 0. The van der Waals surface area contributed by atoms with E-state index in [2.05, 4.69) is 10.9 Å². The van der Waals surface area contributed by atoms with E-state index in [-0.39, 0.29) is 16.8 Å². The summed E-state index contributed by atoms with van der Waals surface area (Å²) >= 11 is 1.77. The normalized spacial score (nSPS) is 21.7. The van der Waals surface area contributed by atoms with Gasteiger partial charge in [-0.1, -0.05) is 5.92 Å². The third-order valence-electron chi connectivity index (χ3n) is 4.12. The number of hydrogen-bond acceptors (Lipinski definition) is 9. The average Bonchev–Trinajstić information content (AvgIpc) is 2.97. The second-order valence-electron chi connectivity index (χ2n) is 7.06. The summed E-state index contributed by atoms with van der Waals surface area (Å²) in [5, 5.41) is 0. The predicted molar refractivity (Wildman–Crippen MR) is 114 cm³/mol. The van der Waals surface area contributed by atoms with Crippen LogP contribution >= 0.6 is 22.6 Å². The number of nitrogens with zero attached hydrogens (tertiary/aromatic N) is 1. The van der Waals surface area contributed by atoms with Crippen LogP contribution in [-0.4, -0.2) is 58.8 Å². The number of terminal acetylenes is 1. The van der Waals surface area contributed by atoms with Crippen molar-refractivity contribution in [3.05, 3.63) is 30.6 Å². The summed E-state index contributed by atoms with van der Waals surface area (Å²) < 4.78 is 29.3. The SMILES string of the molecule is C#CCO[C@H]([C@H]1OC(C)(C)O[C@@H]1n1cc(I)c(=O)[nH]c1=O)[C@@H](COC(C)=O)OC(C)=O. The zero-order valence-electron chi connectivity index (χ0n) is 17.4. The van der Waals surface area contributed by atoms with Crippen LogP contribution in [0.1, 0.15) is 33.9 Å². The first kappa shape index (κ1) is 25.1. The van der Waals surface area contributed by atoms with Crippen LogP contribution in [0.25, 0.3) is 0 Å².